The highest BCUT2D eigenvalue weighted by atomic mass is 32.2. The summed E-state index contributed by atoms with van der Waals surface area (Å²) < 4.78 is 5.73. The van der Waals surface area contributed by atoms with Gasteiger partial charge in [0, 0.05) is 31.1 Å². The van der Waals surface area contributed by atoms with Crippen molar-refractivity contribution in [3.8, 4) is 5.75 Å². The molecule has 3 amide bonds. The monoisotopic (exact) mass is 495 g/mol. The van der Waals surface area contributed by atoms with E-state index in [0.717, 1.165) is 30.8 Å². The summed E-state index contributed by atoms with van der Waals surface area (Å²) in [6.45, 7) is 10.7. The molecule has 2 fully saturated rings. The van der Waals surface area contributed by atoms with E-state index in [2.05, 4.69) is 51.2 Å². The van der Waals surface area contributed by atoms with Gasteiger partial charge in [0.25, 0.3) is 5.91 Å². The summed E-state index contributed by atoms with van der Waals surface area (Å²) in [5.74, 6) is 2.28. The molecule has 4 rings (SSSR count). The van der Waals surface area contributed by atoms with Gasteiger partial charge in [-0.25, -0.2) is 4.79 Å². The second-order valence-electron chi connectivity index (χ2n) is 9.98. The molecule has 2 aliphatic rings. The number of amides is 3. The minimum Gasteiger partial charge on any atom is -0.484 e. The van der Waals surface area contributed by atoms with Gasteiger partial charge in [0.2, 0.25) is 0 Å². The number of piperidine rings is 1. The van der Waals surface area contributed by atoms with Crippen LogP contribution in [0.5, 0.6) is 5.75 Å². The molecule has 0 saturated carbocycles. The molecule has 188 valence electrons. The Morgan fingerprint density at radius 1 is 0.943 bits per heavy atom. The summed E-state index contributed by atoms with van der Waals surface area (Å²) in [4.78, 5) is 30.0. The standard InChI is InChI=1S/C28H37N3O3S/c1-20(2)23-11-8-12-24(21(3)4)26(23)29-27(33)30-15-13-28(14-16-30)31(17-18-35-28)25(32)19-34-22-9-6-5-7-10-22/h5-12,20-21H,13-19H2,1-4H3,(H,29,33). The van der Waals surface area contributed by atoms with Crippen molar-refractivity contribution in [3.05, 3.63) is 59.7 Å². The van der Waals surface area contributed by atoms with Gasteiger partial charge >= 0.3 is 6.03 Å². The Morgan fingerprint density at radius 2 is 1.57 bits per heavy atom. The van der Waals surface area contributed by atoms with Crippen molar-refractivity contribution in [1.82, 2.24) is 9.80 Å². The Kier molecular flexibility index (Phi) is 7.95. The van der Waals surface area contributed by atoms with E-state index in [1.54, 1.807) is 0 Å². The molecular formula is C28H37N3O3S. The fraction of sp³-hybridized carbons (Fsp3) is 0.500. The smallest absolute Gasteiger partial charge is 0.321 e. The van der Waals surface area contributed by atoms with Gasteiger partial charge < -0.3 is 19.9 Å². The topological polar surface area (TPSA) is 61.9 Å². The zero-order chi connectivity index (χ0) is 25.0. The van der Waals surface area contributed by atoms with Gasteiger partial charge in [0.1, 0.15) is 5.75 Å². The third-order valence-electron chi connectivity index (χ3n) is 7.02. The van der Waals surface area contributed by atoms with Crippen molar-refractivity contribution < 1.29 is 14.3 Å². The molecular weight excluding hydrogens is 458 g/mol. The van der Waals surface area contributed by atoms with Crippen LogP contribution in [0.3, 0.4) is 0 Å². The second kappa shape index (κ2) is 10.9. The zero-order valence-corrected chi connectivity index (χ0v) is 22.1. The van der Waals surface area contributed by atoms with E-state index >= 15 is 0 Å². The molecule has 2 heterocycles. The highest BCUT2D eigenvalue weighted by molar-refractivity contribution is 8.00. The zero-order valence-electron chi connectivity index (χ0n) is 21.3. The van der Waals surface area contributed by atoms with Gasteiger partial charge in [-0.15, -0.1) is 11.8 Å². The molecule has 1 N–H and O–H groups in total. The Bertz CT molecular complexity index is 1010. The fourth-order valence-electron chi connectivity index (χ4n) is 5.06. The van der Waals surface area contributed by atoms with Crippen LogP contribution in [0.25, 0.3) is 0 Å². The Morgan fingerprint density at radius 3 is 2.17 bits per heavy atom. The van der Waals surface area contributed by atoms with Crippen molar-refractivity contribution in [2.24, 2.45) is 0 Å². The van der Waals surface area contributed by atoms with Crippen LogP contribution in [0, 0.1) is 0 Å². The van der Waals surface area contributed by atoms with Gasteiger partial charge in [-0.1, -0.05) is 64.1 Å². The number of carbonyl (C=O) groups is 2. The first kappa shape index (κ1) is 25.4. The van der Waals surface area contributed by atoms with Crippen LogP contribution >= 0.6 is 11.8 Å². The average molecular weight is 496 g/mol. The van der Waals surface area contributed by atoms with Crippen LogP contribution < -0.4 is 10.1 Å². The lowest BCUT2D eigenvalue weighted by Crippen LogP contribution is -2.55. The Hall–Kier alpha value is -2.67. The number of benzene rings is 2. The number of thioether (sulfide) groups is 1. The number of urea groups is 1. The molecule has 0 aliphatic carbocycles. The molecule has 7 heteroatoms. The normalized spacial score (nSPS) is 17.3. The minimum atomic E-state index is -0.243. The average Bonchev–Trinajstić information content (AvgIpc) is 3.26. The largest absolute Gasteiger partial charge is 0.484 e. The van der Waals surface area contributed by atoms with Crippen molar-refractivity contribution in [3.63, 3.8) is 0 Å². The highest BCUT2D eigenvalue weighted by Gasteiger charge is 2.47. The predicted molar refractivity (Wildman–Crippen MR) is 143 cm³/mol. The quantitative estimate of drug-likeness (QED) is 0.541. The summed E-state index contributed by atoms with van der Waals surface area (Å²) in [6, 6.07) is 15.7. The van der Waals surface area contributed by atoms with Crippen LogP contribution in [0.15, 0.2) is 48.5 Å². The van der Waals surface area contributed by atoms with Crippen LogP contribution in [-0.2, 0) is 4.79 Å². The lowest BCUT2D eigenvalue weighted by atomic mass is 9.92. The number of hydrogen-bond acceptors (Lipinski definition) is 4. The van der Waals surface area contributed by atoms with Crippen LogP contribution in [0.2, 0.25) is 0 Å². The number of anilines is 1. The van der Waals surface area contributed by atoms with E-state index in [-0.39, 0.29) is 23.4 Å². The summed E-state index contributed by atoms with van der Waals surface area (Å²) in [7, 11) is 0. The first-order chi connectivity index (χ1) is 16.8. The number of nitrogens with one attached hydrogen (secondary N) is 1. The molecule has 2 saturated heterocycles. The highest BCUT2D eigenvalue weighted by Crippen LogP contribution is 2.44. The van der Waals surface area contributed by atoms with E-state index in [0.29, 0.717) is 30.7 Å². The molecule has 6 nitrogen and oxygen atoms in total. The summed E-state index contributed by atoms with van der Waals surface area (Å²) in [6.07, 6.45) is 1.54. The van der Waals surface area contributed by atoms with Crippen molar-refractivity contribution in [2.45, 2.75) is 57.2 Å². The van der Waals surface area contributed by atoms with Gasteiger partial charge in [-0.05, 0) is 47.9 Å². The van der Waals surface area contributed by atoms with E-state index in [9.17, 15) is 9.59 Å². The van der Waals surface area contributed by atoms with E-state index < -0.39 is 0 Å². The summed E-state index contributed by atoms with van der Waals surface area (Å²) in [5.41, 5.74) is 3.28. The molecule has 2 aromatic rings. The summed E-state index contributed by atoms with van der Waals surface area (Å²) >= 11 is 1.85. The van der Waals surface area contributed by atoms with Gasteiger partial charge in [0.15, 0.2) is 6.61 Å². The molecule has 35 heavy (non-hydrogen) atoms. The number of rotatable bonds is 6. The molecule has 2 aromatic carbocycles. The maximum absolute atomic E-state index is 13.3. The number of carbonyl (C=O) groups excluding carboxylic acids is 2. The molecule has 1 spiro atoms. The minimum absolute atomic E-state index is 0.0178. The van der Waals surface area contributed by atoms with Crippen LogP contribution in [-0.4, -0.2) is 58.6 Å². The van der Waals surface area contributed by atoms with Crippen molar-refractivity contribution in [2.75, 3.05) is 37.3 Å². The van der Waals surface area contributed by atoms with Crippen molar-refractivity contribution >= 4 is 29.4 Å². The Labute approximate surface area is 213 Å². The second-order valence-corrected chi connectivity index (χ2v) is 11.4. The van der Waals surface area contributed by atoms with Crippen LogP contribution in [0.4, 0.5) is 10.5 Å². The molecule has 0 radical (unpaired) electrons. The molecule has 0 unspecified atom stereocenters. The van der Waals surface area contributed by atoms with Gasteiger partial charge in [0.05, 0.1) is 4.87 Å². The van der Waals surface area contributed by atoms with Gasteiger partial charge in [-0.3, -0.25) is 4.79 Å². The summed E-state index contributed by atoms with van der Waals surface area (Å²) in [5, 5.41) is 3.24. The van der Waals surface area contributed by atoms with Gasteiger partial charge in [-0.2, -0.15) is 0 Å². The fourth-order valence-corrected chi connectivity index (χ4v) is 6.53. The molecule has 2 aliphatic heterocycles. The third kappa shape index (κ3) is 5.61. The maximum Gasteiger partial charge on any atom is 0.321 e. The Balaban J connectivity index is 1.39. The first-order valence-corrected chi connectivity index (χ1v) is 13.6. The number of para-hydroxylation sites is 2. The van der Waals surface area contributed by atoms with E-state index in [4.69, 9.17) is 4.74 Å². The predicted octanol–water partition coefficient (Wildman–Crippen LogP) is 5.91. The lowest BCUT2D eigenvalue weighted by Gasteiger charge is -2.44. The number of ether oxygens (including phenoxy) is 1. The first-order valence-electron chi connectivity index (χ1n) is 12.6. The van der Waals surface area contributed by atoms with Crippen LogP contribution in [0.1, 0.15) is 63.5 Å². The van der Waals surface area contributed by atoms with E-state index in [1.165, 1.54) is 11.1 Å². The lowest BCUT2D eigenvalue weighted by molar-refractivity contribution is -0.136. The van der Waals surface area contributed by atoms with E-state index in [1.807, 2.05) is 51.9 Å². The molecule has 0 atom stereocenters. The SMILES string of the molecule is CC(C)c1cccc(C(C)C)c1NC(=O)N1CCC2(CC1)SCCN2C(=O)COc1ccccc1. The number of hydrogen-bond donors (Lipinski definition) is 1. The molecule has 0 bridgehead atoms. The third-order valence-corrected chi connectivity index (χ3v) is 8.57. The van der Waals surface area contributed by atoms with Crippen molar-refractivity contribution in [1.29, 1.82) is 0 Å². The maximum atomic E-state index is 13.3. The number of nitrogens with zero attached hydrogens (tertiary/aromatic N) is 2. The molecule has 0 aromatic heterocycles. The number of likely N-dealkylation sites (tertiary alicyclic amines) is 1.